The predicted octanol–water partition coefficient (Wildman–Crippen LogP) is 2.88. The Kier molecular flexibility index (Phi) is 5.44. The maximum atomic E-state index is 12.8. The lowest BCUT2D eigenvalue weighted by Gasteiger charge is -2.30. The van der Waals surface area contributed by atoms with E-state index in [0.717, 1.165) is 25.7 Å². The number of aryl methyl sites for hydroxylation is 1. The number of ether oxygens (including phenoxy) is 1. The Morgan fingerprint density at radius 2 is 2.08 bits per heavy atom. The van der Waals surface area contributed by atoms with Crippen molar-refractivity contribution in [2.45, 2.75) is 39.2 Å². The summed E-state index contributed by atoms with van der Waals surface area (Å²) in [5, 5.41) is 9.58. The van der Waals surface area contributed by atoms with E-state index in [4.69, 9.17) is 9.84 Å². The molecule has 0 bridgehead atoms. The van der Waals surface area contributed by atoms with Gasteiger partial charge in [-0.25, -0.2) is 9.78 Å². The SMILES string of the molecule is COc1cccc2c(=O)n(CCCC3CCN(C(=O)O)CC3)c(C)nc12. The molecule has 26 heavy (non-hydrogen) atoms. The van der Waals surface area contributed by atoms with Gasteiger partial charge in [-0.3, -0.25) is 9.36 Å². The Morgan fingerprint density at radius 1 is 1.35 bits per heavy atom. The smallest absolute Gasteiger partial charge is 0.407 e. The Bertz CT molecular complexity index is 854. The molecule has 1 aromatic heterocycles. The number of hydrogen-bond donors (Lipinski definition) is 1. The van der Waals surface area contributed by atoms with Crippen molar-refractivity contribution in [3.63, 3.8) is 0 Å². The lowest BCUT2D eigenvalue weighted by atomic mass is 9.92. The molecular formula is C19H25N3O4. The van der Waals surface area contributed by atoms with Crippen molar-refractivity contribution < 1.29 is 14.6 Å². The molecule has 1 fully saturated rings. The number of likely N-dealkylation sites (tertiary alicyclic amines) is 1. The highest BCUT2D eigenvalue weighted by atomic mass is 16.5. The molecule has 1 saturated heterocycles. The molecule has 1 aliphatic rings. The molecule has 1 amide bonds. The summed E-state index contributed by atoms with van der Waals surface area (Å²) >= 11 is 0. The minimum atomic E-state index is -0.830. The first-order chi connectivity index (χ1) is 12.5. The number of amides is 1. The molecule has 7 heteroatoms. The first-order valence-electron chi connectivity index (χ1n) is 9.03. The number of carboxylic acid groups (broad SMARTS) is 1. The quantitative estimate of drug-likeness (QED) is 0.887. The van der Waals surface area contributed by atoms with Crippen LogP contribution in [0.3, 0.4) is 0 Å². The minimum Gasteiger partial charge on any atom is -0.494 e. The van der Waals surface area contributed by atoms with Crippen LogP contribution in [0.5, 0.6) is 5.75 Å². The average molecular weight is 359 g/mol. The first kappa shape index (κ1) is 18.2. The Balaban J connectivity index is 1.66. The fourth-order valence-electron chi connectivity index (χ4n) is 3.70. The monoisotopic (exact) mass is 359 g/mol. The van der Waals surface area contributed by atoms with Gasteiger partial charge in [0.1, 0.15) is 17.1 Å². The molecule has 0 atom stereocenters. The maximum Gasteiger partial charge on any atom is 0.407 e. The number of piperidine rings is 1. The third-order valence-corrected chi connectivity index (χ3v) is 5.24. The standard InChI is InChI=1S/C19H25N3O4/c1-13-20-17-15(6-3-7-16(17)26-2)18(23)22(13)10-4-5-14-8-11-21(12-9-14)19(24)25/h3,6-7,14H,4-5,8-12H2,1-2H3,(H,24,25). The Hall–Kier alpha value is -2.57. The number of methoxy groups -OCH3 is 1. The van der Waals surface area contributed by atoms with Gasteiger partial charge in [0.05, 0.1) is 12.5 Å². The van der Waals surface area contributed by atoms with Crippen LogP contribution in [0.25, 0.3) is 10.9 Å². The zero-order chi connectivity index (χ0) is 18.7. The highest BCUT2D eigenvalue weighted by Crippen LogP contribution is 2.23. The van der Waals surface area contributed by atoms with Gasteiger partial charge in [-0.2, -0.15) is 0 Å². The normalized spacial score (nSPS) is 15.4. The molecule has 1 aromatic carbocycles. The van der Waals surface area contributed by atoms with E-state index in [2.05, 4.69) is 4.98 Å². The van der Waals surface area contributed by atoms with E-state index in [1.54, 1.807) is 23.8 Å². The fourth-order valence-corrected chi connectivity index (χ4v) is 3.70. The summed E-state index contributed by atoms with van der Waals surface area (Å²) in [5.74, 6) is 1.82. The van der Waals surface area contributed by atoms with E-state index in [0.29, 0.717) is 48.0 Å². The van der Waals surface area contributed by atoms with Crippen molar-refractivity contribution in [2.24, 2.45) is 5.92 Å². The second kappa shape index (κ2) is 7.76. The third kappa shape index (κ3) is 3.66. The van der Waals surface area contributed by atoms with Crippen molar-refractivity contribution in [1.82, 2.24) is 14.5 Å². The predicted molar refractivity (Wildman–Crippen MR) is 98.8 cm³/mol. The molecule has 0 saturated carbocycles. The molecule has 140 valence electrons. The van der Waals surface area contributed by atoms with E-state index in [-0.39, 0.29) is 5.56 Å². The molecule has 2 aromatic rings. The third-order valence-electron chi connectivity index (χ3n) is 5.24. The number of hydrogen-bond acceptors (Lipinski definition) is 4. The Labute approximate surface area is 152 Å². The molecule has 0 aliphatic carbocycles. The average Bonchev–Trinajstić information content (AvgIpc) is 2.64. The lowest BCUT2D eigenvalue weighted by Crippen LogP contribution is -2.37. The second-order valence-corrected chi connectivity index (χ2v) is 6.83. The van der Waals surface area contributed by atoms with Gasteiger partial charge >= 0.3 is 6.09 Å². The van der Waals surface area contributed by atoms with E-state index < -0.39 is 6.09 Å². The maximum absolute atomic E-state index is 12.8. The summed E-state index contributed by atoms with van der Waals surface area (Å²) in [7, 11) is 1.58. The second-order valence-electron chi connectivity index (χ2n) is 6.83. The van der Waals surface area contributed by atoms with Crippen LogP contribution in [-0.4, -0.2) is 45.9 Å². The van der Waals surface area contributed by atoms with Crippen LogP contribution in [0.2, 0.25) is 0 Å². The molecular weight excluding hydrogens is 334 g/mol. The number of fused-ring (bicyclic) bond motifs is 1. The van der Waals surface area contributed by atoms with E-state index in [9.17, 15) is 9.59 Å². The van der Waals surface area contributed by atoms with Crippen LogP contribution in [0, 0.1) is 12.8 Å². The van der Waals surface area contributed by atoms with Crippen molar-refractivity contribution in [3.8, 4) is 5.75 Å². The summed E-state index contributed by atoms with van der Waals surface area (Å²) in [6, 6.07) is 5.40. The summed E-state index contributed by atoms with van der Waals surface area (Å²) in [5.41, 5.74) is 0.571. The van der Waals surface area contributed by atoms with Crippen molar-refractivity contribution in [2.75, 3.05) is 20.2 Å². The van der Waals surface area contributed by atoms with Crippen molar-refractivity contribution in [1.29, 1.82) is 0 Å². The van der Waals surface area contributed by atoms with Gasteiger partial charge in [0.25, 0.3) is 5.56 Å². The van der Waals surface area contributed by atoms with Gasteiger partial charge < -0.3 is 14.7 Å². The van der Waals surface area contributed by atoms with E-state index >= 15 is 0 Å². The van der Waals surface area contributed by atoms with Crippen LogP contribution in [0.15, 0.2) is 23.0 Å². The van der Waals surface area contributed by atoms with Gasteiger partial charge in [0.15, 0.2) is 0 Å². The fraction of sp³-hybridized carbons (Fsp3) is 0.526. The van der Waals surface area contributed by atoms with Gasteiger partial charge in [-0.05, 0) is 50.7 Å². The van der Waals surface area contributed by atoms with Crippen molar-refractivity contribution in [3.05, 3.63) is 34.4 Å². The number of carbonyl (C=O) groups is 1. The zero-order valence-electron chi connectivity index (χ0n) is 15.3. The molecule has 7 nitrogen and oxygen atoms in total. The van der Waals surface area contributed by atoms with Crippen molar-refractivity contribution >= 4 is 17.0 Å². The topological polar surface area (TPSA) is 84.7 Å². The first-order valence-corrected chi connectivity index (χ1v) is 9.03. The Morgan fingerprint density at radius 3 is 2.73 bits per heavy atom. The molecule has 0 unspecified atom stereocenters. The van der Waals surface area contributed by atoms with Crippen LogP contribution in [-0.2, 0) is 6.54 Å². The molecule has 1 N–H and O–H groups in total. The highest BCUT2D eigenvalue weighted by molar-refractivity contribution is 5.83. The van der Waals surface area contributed by atoms with Gasteiger partial charge in [0.2, 0.25) is 0 Å². The van der Waals surface area contributed by atoms with Crippen LogP contribution in [0.1, 0.15) is 31.5 Å². The minimum absolute atomic E-state index is 0.0351. The number of para-hydroxylation sites is 1. The highest BCUT2D eigenvalue weighted by Gasteiger charge is 2.22. The number of benzene rings is 1. The van der Waals surface area contributed by atoms with Crippen LogP contribution < -0.4 is 10.3 Å². The summed E-state index contributed by atoms with van der Waals surface area (Å²) < 4.78 is 7.04. The van der Waals surface area contributed by atoms with E-state index in [1.165, 1.54) is 4.90 Å². The van der Waals surface area contributed by atoms with Gasteiger partial charge in [-0.1, -0.05) is 6.07 Å². The largest absolute Gasteiger partial charge is 0.494 e. The molecule has 2 heterocycles. The zero-order valence-corrected chi connectivity index (χ0v) is 15.3. The number of rotatable bonds is 5. The van der Waals surface area contributed by atoms with Gasteiger partial charge in [0, 0.05) is 19.6 Å². The summed E-state index contributed by atoms with van der Waals surface area (Å²) in [4.78, 5) is 29.8. The van der Waals surface area contributed by atoms with Gasteiger partial charge in [-0.15, -0.1) is 0 Å². The van der Waals surface area contributed by atoms with E-state index in [1.807, 2.05) is 13.0 Å². The summed E-state index contributed by atoms with van der Waals surface area (Å²) in [6.45, 7) is 3.69. The van der Waals surface area contributed by atoms with Crippen LogP contribution >= 0.6 is 0 Å². The molecule has 0 radical (unpaired) electrons. The molecule has 0 spiro atoms. The number of aromatic nitrogens is 2. The molecule has 1 aliphatic heterocycles. The number of nitrogens with zero attached hydrogens (tertiary/aromatic N) is 3. The lowest BCUT2D eigenvalue weighted by molar-refractivity contribution is 0.122. The molecule has 3 rings (SSSR count). The summed E-state index contributed by atoms with van der Waals surface area (Å²) in [6.07, 6.45) is 2.84. The van der Waals surface area contributed by atoms with Crippen LogP contribution in [0.4, 0.5) is 4.79 Å².